The number of nitrogens with zero attached hydrogens (tertiary/aromatic N) is 2. The van der Waals surface area contributed by atoms with E-state index in [1.54, 1.807) is 6.07 Å². The number of carboxylic acid groups (broad SMARTS) is 1. The number of carbonyl (C=O) groups is 2. The molecule has 0 fully saturated rings. The van der Waals surface area contributed by atoms with E-state index in [2.05, 4.69) is 10.4 Å². The van der Waals surface area contributed by atoms with E-state index in [0.717, 1.165) is 11.1 Å². The minimum Gasteiger partial charge on any atom is -0.478 e. The minimum absolute atomic E-state index is 0.0254. The SMILES string of the molecule is Cc1ccc(NC(=O)c2c(C(=O)O)cnn2C)c(C)c1. The molecular weight excluding hydrogens is 258 g/mol. The van der Waals surface area contributed by atoms with Gasteiger partial charge in [-0.05, 0) is 25.5 Å². The highest BCUT2D eigenvalue weighted by atomic mass is 16.4. The largest absolute Gasteiger partial charge is 0.478 e. The van der Waals surface area contributed by atoms with Crippen molar-refractivity contribution in [3.05, 3.63) is 46.8 Å². The van der Waals surface area contributed by atoms with Crippen molar-refractivity contribution in [3.8, 4) is 0 Å². The number of nitrogens with one attached hydrogen (secondary N) is 1. The predicted molar refractivity (Wildman–Crippen MR) is 74.0 cm³/mol. The average molecular weight is 273 g/mol. The Bertz CT molecular complexity index is 689. The lowest BCUT2D eigenvalue weighted by Crippen LogP contribution is -2.19. The van der Waals surface area contributed by atoms with E-state index in [4.69, 9.17) is 5.11 Å². The minimum atomic E-state index is -1.18. The lowest BCUT2D eigenvalue weighted by molar-refractivity contribution is 0.0692. The summed E-state index contributed by atoms with van der Waals surface area (Å²) < 4.78 is 1.25. The van der Waals surface area contributed by atoms with Gasteiger partial charge in [0.25, 0.3) is 5.91 Å². The zero-order valence-electron chi connectivity index (χ0n) is 11.5. The molecule has 1 aromatic carbocycles. The van der Waals surface area contributed by atoms with E-state index in [0.29, 0.717) is 5.69 Å². The molecule has 0 aliphatic carbocycles. The monoisotopic (exact) mass is 273 g/mol. The van der Waals surface area contributed by atoms with Gasteiger partial charge in [-0.3, -0.25) is 9.48 Å². The molecule has 20 heavy (non-hydrogen) atoms. The normalized spacial score (nSPS) is 10.3. The maximum Gasteiger partial charge on any atom is 0.339 e. The van der Waals surface area contributed by atoms with E-state index in [9.17, 15) is 9.59 Å². The Hall–Kier alpha value is -2.63. The third-order valence-corrected chi connectivity index (χ3v) is 3.01. The molecule has 0 bridgehead atoms. The number of carbonyl (C=O) groups excluding carboxylic acids is 1. The highest BCUT2D eigenvalue weighted by molar-refractivity contribution is 6.09. The summed E-state index contributed by atoms with van der Waals surface area (Å²) in [6.07, 6.45) is 1.17. The summed E-state index contributed by atoms with van der Waals surface area (Å²) in [6, 6.07) is 5.61. The van der Waals surface area contributed by atoms with Crippen LogP contribution < -0.4 is 5.32 Å². The molecular formula is C14H15N3O3. The number of anilines is 1. The van der Waals surface area contributed by atoms with Crippen molar-refractivity contribution in [1.82, 2.24) is 9.78 Å². The Balaban J connectivity index is 2.33. The molecule has 1 amide bonds. The summed E-state index contributed by atoms with van der Waals surface area (Å²) in [6.45, 7) is 3.84. The maximum atomic E-state index is 12.2. The lowest BCUT2D eigenvalue weighted by Gasteiger charge is -2.09. The maximum absolute atomic E-state index is 12.2. The van der Waals surface area contributed by atoms with Crippen molar-refractivity contribution in [3.63, 3.8) is 0 Å². The molecule has 0 saturated heterocycles. The molecule has 104 valence electrons. The van der Waals surface area contributed by atoms with Gasteiger partial charge in [-0.2, -0.15) is 5.10 Å². The zero-order valence-corrected chi connectivity index (χ0v) is 11.5. The molecule has 2 rings (SSSR count). The van der Waals surface area contributed by atoms with Crippen LogP contribution in [0.3, 0.4) is 0 Å². The molecule has 2 aromatic rings. The van der Waals surface area contributed by atoms with Gasteiger partial charge < -0.3 is 10.4 Å². The predicted octanol–water partition coefficient (Wildman–Crippen LogP) is 1.99. The molecule has 0 spiro atoms. The van der Waals surface area contributed by atoms with Crippen LogP contribution in [0, 0.1) is 13.8 Å². The number of carboxylic acids is 1. The first-order chi connectivity index (χ1) is 9.40. The summed E-state index contributed by atoms with van der Waals surface area (Å²) in [5.74, 6) is -1.67. The topological polar surface area (TPSA) is 84.2 Å². The van der Waals surface area contributed by atoms with Crippen molar-refractivity contribution in [2.75, 3.05) is 5.32 Å². The van der Waals surface area contributed by atoms with Crippen LogP contribution in [0.1, 0.15) is 32.0 Å². The summed E-state index contributed by atoms with van der Waals surface area (Å²) in [4.78, 5) is 23.3. The molecule has 6 nitrogen and oxygen atoms in total. The second-order valence-corrected chi connectivity index (χ2v) is 4.61. The van der Waals surface area contributed by atoms with Gasteiger partial charge in [0.05, 0.1) is 6.20 Å². The van der Waals surface area contributed by atoms with Crippen LogP contribution >= 0.6 is 0 Å². The van der Waals surface area contributed by atoms with Crippen LogP contribution in [-0.4, -0.2) is 26.8 Å². The zero-order chi connectivity index (χ0) is 14.9. The van der Waals surface area contributed by atoms with Gasteiger partial charge in [0.1, 0.15) is 11.3 Å². The van der Waals surface area contributed by atoms with Crippen LogP contribution in [0.25, 0.3) is 0 Å². The smallest absolute Gasteiger partial charge is 0.339 e. The molecule has 1 heterocycles. The van der Waals surface area contributed by atoms with Gasteiger partial charge in [-0.15, -0.1) is 0 Å². The van der Waals surface area contributed by atoms with E-state index in [1.807, 2.05) is 26.0 Å². The van der Waals surface area contributed by atoms with Crippen LogP contribution in [0.5, 0.6) is 0 Å². The number of aromatic nitrogens is 2. The number of aromatic carboxylic acids is 1. The van der Waals surface area contributed by atoms with E-state index in [1.165, 1.54) is 17.9 Å². The molecule has 2 N–H and O–H groups in total. The van der Waals surface area contributed by atoms with Gasteiger partial charge in [0, 0.05) is 12.7 Å². The first-order valence-electron chi connectivity index (χ1n) is 6.04. The molecule has 6 heteroatoms. The number of benzene rings is 1. The summed E-state index contributed by atoms with van der Waals surface area (Å²) in [5.41, 5.74) is 2.56. The average Bonchev–Trinajstić information content (AvgIpc) is 2.75. The third kappa shape index (κ3) is 2.54. The van der Waals surface area contributed by atoms with Crippen molar-refractivity contribution in [1.29, 1.82) is 0 Å². The molecule has 1 aromatic heterocycles. The Morgan fingerprint density at radius 1 is 1.30 bits per heavy atom. The first kappa shape index (κ1) is 13.8. The Morgan fingerprint density at radius 2 is 2.00 bits per heavy atom. The number of aryl methyl sites for hydroxylation is 3. The van der Waals surface area contributed by atoms with Crippen molar-refractivity contribution in [2.24, 2.45) is 7.05 Å². The molecule has 0 radical (unpaired) electrons. The summed E-state index contributed by atoms with van der Waals surface area (Å²) in [5, 5.41) is 15.6. The number of rotatable bonds is 3. The molecule has 0 saturated carbocycles. The number of hydrogen-bond acceptors (Lipinski definition) is 3. The number of amides is 1. The standard InChI is InChI=1S/C14H15N3O3/c1-8-4-5-11(9(2)6-8)16-13(18)12-10(14(19)20)7-15-17(12)3/h4-7H,1-3H3,(H,16,18)(H,19,20). The fourth-order valence-electron chi connectivity index (χ4n) is 2.00. The molecule has 0 aliphatic heterocycles. The van der Waals surface area contributed by atoms with Crippen molar-refractivity contribution in [2.45, 2.75) is 13.8 Å². The van der Waals surface area contributed by atoms with Crippen LogP contribution in [0.4, 0.5) is 5.69 Å². The van der Waals surface area contributed by atoms with Gasteiger partial charge >= 0.3 is 5.97 Å². The van der Waals surface area contributed by atoms with Crippen molar-refractivity contribution < 1.29 is 14.7 Å². The van der Waals surface area contributed by atoms with Gasteiger partial charge in [0.15, 0.2) is 0 Å². The summed E-state index contributed by atoms with van der Waals surface area (Å²) >= 11 is 0. The molecule has 0 atom stereocenters. The number of hydrogen-bond donors (Lipinski definition) is 2. The fourth-order valence-corrected chi connectivity index (χ4v) is 2.00. The van der Waals surface area contributed by atoms with E-state index >= 15 is 0 Å². The Morgan fingerprint density at radius 3 is 2.60 bits per heavy atom. The Kier molecular flexibility index (Phi) is 3.56. The van der Waals surface area contributed by atoms with Crippen LogP contribution in [0.2, 0.25) is 0 Å². The second-order valence-electron chi connectivity index (χ2n) is 4.61. The quantitative estimate of drug-likeness (QED) is 0.895. The Labute approximate surface area is 116 Å². The summed E-state index contributed by atoms with van der Waals surface area (Å²) in [7, 11) is 1.53. The third-order valence-electron chi connectivity index (χ3n) is 3.01. The van der Waals surface area contributed by atoms with Gasteiger partial charge in [-0.1, -0.05) is 17.7 Å². The fraction of sp³-hybridized carbons (Fsp3) is 0.214. The highest BCUT2D eigenvalue weighted by Gasteiger charge is 2.21. The van der Waals surface area contributed by atoms with E-state index < -0.39 is 11.9 Å². The first-order valence-corrected chi connectivity index (χ1v) is 6.04. The van der Waals surface area contributed by atoms with Crippen LogP contribution in [0.15, 0.2) is 24.4 Å². The van der Waals surface area contributed by atoms with E-state index in [-0.39, 0.29) is 11.3 Å². The highest BCUT2D eigenvalue weighted by Crippen LogP contribution is 2.18. The second kappa shape index (κ2) is 5.16. The van der Waals surface area contributed by atoms with Gasteiger partial charge in [-0.25, -0.2) is 4.79 Å². The molecule has 0 aliphatic rings. The lowest BCUT2D eigenvalue weighted by atomic mass is 10.1. The molecule has 0 unspecified atom stereocenters. The van der Waals surface area contributed by atoms with Crippen molar-refractivity contribution >= 4 is 17.6 Å². The van der Waals surface area contributed by atoms with Crippen LogP contribution in [-0.2, 0) is 7.05 Å². The van der Waals surface area contributed by atoms with Gasteiger partial charge in [0.2, 0.25) is 0 Å².